The predicted molar refractivity (Wildman–Crippen MR) is 257 cm³/mol. The summed E-state index contributed by atoms with van der Waals surface area (Å²) in [6.07, 6.45) is -12.5. The molecule has 0 aromatic heterocycles. The van der Waals surface area contributed by atoms with E-state index >= 15 is 0 Å². The number of hydrogen-bond acceptors (Lipinski definition) is 16. The van der Waals surface area contributed by atoms with Crippen LogP contribution in [-0.2, 0) is 49.6 Å². The van der Waals surface area contributed by atoms with Gasteiger partial charge < -0.3 is 64.6 Å². The number of esters is 1. The Morgan fingerprint density at radius 1 is 0.958 bits per heavy atom. The molecule has 0 unspecified atom stereocenters. The minimum Gasteiger partial charge on any atom is -0.459 e. The lowest BCUT2D eigenvalue weighted by Crippen LogP contribution is -2.70. The fraction of sp³-hybridized carbons (Fsp3) is 0.857. The van der Waals surface area contributed by atoms with Crippen molar-refractivity contribution in [3.8, 4) is 0 Å². The van der Waals surface area contributed by atoms with Crippen LogP contribution in [-0.4, -0.2) is 168 Å². The third-order valence-corrected chi connectivity index (χ3v) is 17.2. The summed E-state index contributed by atoms with van der Waals surface area (Å²) in [5.41, 5.74) is -7.66. The molecule has 18 atom stereocenters. The molecule has 410 valence electrons. The van der Waals surface area contributed by atoms with Gasteiger partial charge in [-0.25, -0.2) is 0 Å². The number of likely N-dealkylation sites (N-methyl/N-ethyl adjacent to an activating group) is 1. The number of aliphatic hydroxyl groups excluding tert-OH is 2. The molecule has 4 aliphatic rings. The van der Waals surface area contributed by atoms with E-state index in [0.717, 1.165) is 35.0 Å². The Morgan fingerprint density at radius 3 is 2.17 bits per heavy atom. The lowest BCUT2D eigenvalue weighted by Gasteiger charge is -2.53. The van der Waals surface area contributed by atoms with Crippen molar-refractivity contribution >= 4 is 21.9 Å². The molecule has 0 bridgehead atoms. The van der Waals surface area contributed by atoms with Gasteiger partial charge in [-0.2, -0.15) is 25.9 Å². The summed E-state index contributed by atoms with van der Waals surface area (Å²) < 4.78 is 109. The van der Waals surface area contributed by atoms with E-state index in [1.807, 2.05) is 6.92 Å². The van der Waals surface area contributed by atoms with Crippen molar-refractivity contribution in [3.05, 3.63) is 29.8 Å². The molecule has 0 amide bonds. The van der Waals surface area contributed by atoms with Crippen LogP contribution in [0.15, 0.2) is 24.3 Å². The van der Waals surface area contributed by atoms with Gasteiger partial charge in [-0.15, -0.1) is 0 Å². The third-order valence-electron chi connectivity index (χ3n) is 15.7. The van der Waals surface area contributed by atoms with E-state index in [1.54, 1.807) is 48.5 Å². The van der Waals surface area contributed by atoms with Gasteiger partial charge >= 0.3 is 22.4 Å². The lowest BCUT2D eigenvalue weighted by atomic mass is 9.75. The van der Waals surface area contributed by atoms with E-state index in [2.05, 4.69) is 15.4 Å². The molecule has 0 spiro atoms. The minimum absolute atomic E-state index is 0.0178. The first kappa shape index (κ1) is 59.6. The monoisotopic (exact) mass is 1040 g/mol. The highest BCUT2D eigenvalue weighted by atomic mass is 32.2. The molecule has 1 aromatic rings. The Kier molecular flexibility index (Phi) is 19.6. The Morgan fingerprint density at radius 2 is 1.59 bits per heavy atom. The number of hydrogen-bond donors (Lipinski definition) is 8. The topological polar surface area (TPSA) is 247 Å². The predicted octanol–water partition coefficient (Wildman–Crippen LogP) is 4.06. The first-order valence-corrected chi connectivity index (χ1v) is 26.5. The van der Waals surface area contributed by atoms with Crippen LogP contribution in [0, 0.1) is 23.7 Å². The molecule has 71 heavy (non-hydrogen) atoms. The molecule has 1 aromatic carbocycles. The number of nitrogens with zero attached hydrogens (tertiary/aromatic N) is 1. The summed E-state index contributed by atoms with van der Waals surface area (Å²) >= 11 is 0. The largest absolute Gasteiger partial charge is 0.459 e. The number of ether oxygens (including phenoxy) is 6. The Bertz CT molecular complexity index is 2000. The van der Waals surface area contributed by atoms with E-state index in [-0.39, 0.29) is 50.4 Å². The second-order valence-electron chi connectivity index (χ2n) is 21.7. The van der Waals surface area contributed by atoms with E-state index in [9.17, 15) is 51.9 Å². The van der Waals surface area contributed by atoms with Crippen molar-refractivity contribution in [2.45, 2.75) is 210 Å². The van der Waals surface area contributed by atoms with Crippen molar-refractivity contribution in [1.29, 1.82) is 0 Å². The molecular formula is C49H83F3N4O14S. The van der Waals surface area contributed by atoms with Gasteiger partial charge in [0.2, 0.25) is 0 Å². The van der Waals surface area contributed by atoms with Gasteiger partial charge in [0.1, 0.15) is 35.1 Å². The van der Waals surface area contributed by atoms with Gasteiger partial charge in [0.25, 0.3) is 0 Å². The highest BCUT2D eigenvalue weighted by molar-refractivity contribution is 7.90. The summed E-state index contributed by atoms with van der Waals surface area (Å²) in [5, 5.41) is 67.0. The van der Waals surface area contributed by atoms with Crippen molar-refractivity contribution in [1.82, 2.24) is 14.9 Å². The van der Waals surface area contributed by atoms with Crippen LogP contribution in [0.25, 0.3) is 0 Å². The van der Waals surface area contributed by atoms with Crippen molar-refractivity contribution in [2.75, 3.05) is 38.5 Å². The molecule has 1 saturated carbocycles. The van der Waals surface area contributed by atoms with E-state index in [1.165, 1.54) is 40.8 Å². The second-order valence-corrected chi connectivity index (χ2v) is 23.4. The quantitative estimate of drug-likeness (QED) is 0.0912. The zero-order valence-corrected chi connectivity index (χ0v) is 44.3. The van der Waals surface area contributed by atoms with Crippen LogP contribution in [0.2, 0.25) is 0 Å². The highest BCUT2D eigenvalue weighted by Crippen LogP contribution is 2.44. The summed E-state index contributed by atoms with van der Waals surface area (Å²) in [7, 11) is -1.84. The van der Waals surface area contributed by atoms with Crippen LogP contribution < -0.4 is 15.4 Å². The fourth-order valence-corrected chi connectivity index (χ4v) is 11.9. The first-order chi connectivity index (χ1) is 32.8. The van der Waals surface area contributed by atoms with Crippen LogP contribution in [0.1, 0.15) is 120 Å². The van der Waals surface area contributed by atoms with Gasteiger partial charge in [-0.05, 0) is 123 Å². The Hall–Kier alpha value is -2.29. The SMILES string of the molecule is CC[C@H]1OC(=O)[C@H](C)[C@@H](O[C@H]2C[C@@](C)(OC)[C@](O)(CNCCC3CC3)[C@H](C)O2)[C@H](C)[C@@H](O[C@@H]2O[C@H](C)C[C@H](N(C)S(=O)(=O)Nc3ccc(C(F)(F)F)cc3)[C@H]2O)[C@](C)(O)C[C@@H](C)CN[C@H](C)[C@@H](O)[C@]1(C)O. The minimum atomic E-state index is -4.64. The average molecular weight is 1040 g/mol. The number of halogens is 3. The van der Waals surface area contributed by atoms with Crippen LogP contribution in [0.5, 0.6) is 0 Å². The maximum Gasteiger partial charge on any atom is 0.416 e. The number of alkyl halides is 3. The number of benzene rings is 1. The number of carbonyl (C=O) groups excluding carboxylic acids is 1. The molecular weight excluding hydrogens is 958 g/mol. The summed E-state index contributed by atoms with van der Waals surface area (Å²) in [5.74, 6) is -2.73. The summed E-state index contributed by atoms with van der Waals surface area (Å²) in [6, 6.07) is 1.50. The molecule has 5 rings (SSSR count). The van der Waals surface area contributed by atoms with E-state index < -0.39 is 130 Å². The Balaban J connectivity index is 1.52. The van der Waals surface area contributed by atoms with E-state index in [4.69, 9.17) is 28.4 Å². The summed E-state index contributed by atoms with van der Waals surface area (Å²) in [6.45, 7) is 17.6. The number of methoxy groups -OCH3 is 1. The number of nitrogens with one attached hydrogen (secondary N) is 3. The van der Waals surface area contributed by atoms with Gasteiger partial charge in [-0.3, -0.25) is 9.52 Å². The average Bonchev–Trinajstić information content (AvgIpc) is 4.12. The number of carbonyl (C=O) groups is 1. The van der Waals surface area contributed by atoms with Gasteiger partial charge in [0.15, 0.2) is 12.6 Å². The molecule has 4 fully saturated rings. The zero-order chi connectivity index (χ0) is 53.2. The van der Waals surface area contributed by atoms with Crippen LogP contribution >= 0.6 is 0 Å². The van der Waals surface area contributed by atoms with Crippen molar-refractivity contribution < 1.29 is 80.3 Å². The molecule has 0 radical (unpaired) electrons. The van der Waals surface area contributed by atoms with Crippen molar-refractivity contribution in [3.63, 3.8) is 0 Å². The van der Waals surface area contributed by atoms with Gasteiger partial charge in [0.05, 0.1) is 47.5 Å². The number of rotatable bonds is 15. The van der Waals surface area contributed by atoms with Gasteiger partial charge in [0, 0.05) is 44.8 Å². The fourth-order valence-electron chi connectivity index (χ4n) is 10.7. The first-order valence-electron chi connectivity index (χ1n) is 25.1. The number of anilines is 1. The second kappa shape index (κ2) is 23.3. The van der Waals surface area contributed by atoms with Gasteiger partial charge in [-0.1, -0.05) is 33.6 Å². The van der Waals surface area contributed by atoms with Crippen molar-refractivity contribution in [2.24, 2.45) is 23.7 Å². The lowest BCUT2D eigenvalue weighted by molar-refractivity contribution is -0.336. The smallest absolute Gasteiger partial charge is 0.416 e. The highest BCUT2D eigenvalue weighted by Gasteiger charge is 2.58. The molecule has 3 aliphatic heterocycles. The third kappa shape index (κ3) is 14.0. The number of cyclic esters (lactones) is 1. The maximum atomic E-state index is 14.5. The molecule has 1 aliphatic carbocycles. The molecule has 22 heteroatoms. The zero-order valence-electron chi connectivity index (χ0n) is 43.4. The standard InChI is InChI=1S/C49H83F3N4O14S/c1-13-37-47(10,61)41(58)31(6)54-25-27(2)23-45(8,60)42(70-44-39(57)36(22-28(3)66-44)56(11)71(63,64)55-35-18-16-34(17-19-35)49(50,51)52)29(4)40(30(5)43(59)68-37)69-38-24-46(9,65-12)48(62,32(7)67-38)26-53-21-20-33-14-15-33/h16-19,27-33,36-42,44,53-55,57-58,60-62H,13-15,20-26H2,1-12H3/t27-,28-,29+,30-,31-,32+,36+,37-,38+,39-,40+,41-,42-,44+,45-,46-,47-,48+/m1/s1. The molecule has 3 heterocycles. The normalized spacial score (nSPS) is 41.7. The summed E-state index contributed by atoms with van der Waals surface area (Å²) in [4.78, 5) is 14.5. The molecule has 18 nitrogen and oxygen atoms in total. The molecule has 8 N–H and O–H groups in total. The maximum absolute atomic E-state index is 14.5. The van der Waals surface area contributed by atoms with Crippen LogP contribution in [0.4, 0.5) is 18.9 Å². The van der Waals surface area contributed by atoms with E-state index in [0.29, 0.717) is 12.5 Å². The Labute approximate surface area is 418 Å². The van der Waals surface area contributed by atoms with Crippen LogP contribution in [0.3, 0.4) is 0 Å². The number of aliphatic hydroxyl groups is 5. The molecule has 3 saturated heterocycles.